The van der Waals surface area contributed by atoms with Gasteiger partial charge in [0.05, 0.1) is 6.61 Å². The molecular formula is C15H25NO6. The van der Waals surface area contributed by atoms with Crippen LogP contribution in [0.2, 0.25) is 0 Å². The fourth-order valence-corrected chi connectivity index (χ4v) is 0.861. The molecule has 0 aromatic heterocycles. The third kappa shape index (κ3) is 11.7. The van der Waals surface area contributed by atoms with Crippen LogP contribution in [0.25, 0.3) is 0 Å². The zero-order valence-corrected chi connectivity index (χ0v) is 13.1. The van der Waals surface area contributed by atoms with E-state index in [0.29, 0.717) is 5.75 Å². The van der Waals surface area contributed by atoms with Crippen molar-refractivity contribution in [3.8, 4) is 5.75 Å². The highest BCUT2D eigenvalue weighted by molar-refractivity contribution is 5.74. The van der Waals surface area contributed by atoms with Crippen molar-refractivity contribution in [3.63, 3.8) is 0 Å². The number of carboxylic acids is 2. The lowest BCUT2D eigenvalue weighted by Crippen LogP contribution is -2.45. The molecule has 1 rings (SSSR count). The van der Waals surface area contributed by atoms with Gasteiger partial charge in [0.2, 0.25) is 0 Å². The van der Waals surface area contributed by atoms with Crippen LogP contribution in [0.5, 0.6) is 5.75 Å². The molecule has 0 aliphatic heterocycles. The zero-order chi connectivity index (χ0) is 17.8. The molecule has 0 fully saturated rings. The molecule has 0 radical (unpaired) electrons. The van der Waals surface area contributed by atoms with Crippen molar-refractivity contribution in [1.29, 1.82) is 0 Å². The summed E-state index contributed by atoms with van der Waals surface area (Å²) in [5.41, 5.74) is 4.50. The van der Waals surface area contributed by atoms with E-state index < -0.39 is 23.4 Å². The Balaban J connectivity index is 0. The number of rotatable bonds is 4. The molecule has 0 saturated heterocycles. The van der Waals surface area contributed by atoms with Gasteiger partial charge in [0, 0.05) is 11.8 Å². The summed E-state index contributed by atoms with van der Waals surface area (Å²) in [6.07, 6.45) is 0.222. The van der Waals surface area contributed by atoms with Crippen LogP contribution in [0, 0.1) is 5.41 Å². The number of carbonyl (C=O) groups is 2. The fraction of sp³-hybridized carbons (Fsp3) is 0.467. The van der Waals surface area contributed by atoms with Gasteiger partial charge >= 0.3 is 11.9 Å². The van der Waals surface area contributed by atoms with E-state index in [0.717, 1.165) is 0 Å². The van der Waals surface area contributed by atoms with E-state index in [1.165, 1.54) is 0 Å². The number of nitrogens with two attached hydrogens (primary N) is 1. The standard InChI is InChI=1S/C6H13NO3.C6H6O.C3H6O2/c1-6(2,3-8)4(7)5(9)10;7-6-4-2-1-3-5-6;1-2-3(4)5/h4,8H,3,7H2,1-2H3,(H,9,10);1-5,7H;2H2,1H3,(H,4,5). The lowest BCUT2D eigenvalue weighted by molar-refractivity contribution is -0.142. The van der Waals surface area contributed by atoms with Gasteiger partial charge in [-0.2, -0.15) is 0 Å². The number of aliphatic hydroxyl groups is 1. The molecule has 7 heteroatoms. The van der Waals surface area contributed by atoms with E-state index in [2.05, 4.69) is 0 Å². The SMILES string of the molecule is CC(C)(CO)C(N)C(=O)O.CCC(=O)O.Oc1ccccc1. The van der Waals surface area contributed by atoms with Crippen LogP contribution in [-0.2, 0) is 9.59 Å². The summed E-state index contributed by atoms with van der Waals surface area (Å²) < 4.78 is 0. The number of carboxylic acid groups (broad SMARTS) is 2. The Morgan fingerprint density at radius 3 is 1.73 bits per heavy atom. The average molecular weight is 315 g/mol. The second-order valence-corrected chi connectivity index (χ2v) is 5.05. The molecule has 7 nitrogen and oxygen atoms in total. The van der Waals surface area contributed by atoms with E-state index in [4.69, 9.17) is 26.2 Å². The first kappa shape index (κ1) is 22.2. The van der Waals surface area contributed by atoms with Gasteiger partial charge in [0.25, 0.3) is 0 Å². The maximum absolute atomic E-state index is 10.3. The molecule has 0 amide bonds. The average Bonchev–Trinajstić information content (AvgIpc) is 2.48. The summed E-state index contributed by atoms with van der Waals surface area (Å²) in [5, 5.41) is 33.4. The van der Waals surface area contributed by atoms with Gasteiger partial charge in [-0.25, -0.2) is 0 Å². The molecule has 1 unspecified atom stereocenters. The van der Waals surface area contributed by atoms with Crippen molar-refractivity contribution < 1.29 is 30.0 Å². The molecule has 0 saturated carbocycles. The van der Waals surface area contributed by atoms with E-state index in [-0.39, 0.29) is 13.0 Å². The fourth-order valence-electron chi connectivity index (χ4n) is 0.861. The van der Waals surface area contributed by atoms with Crippen LogP contribution in [-0.4, -0.2) is 45.0 Å². The third-order valence-corrected chi connectivity index (χ3v) is 2.57. The normalized spacial score (nSPS) is 11.1. The van der Waals surface area contributed by atoms with E-state index in [1.54, 1.807) is 45.0 Å². The number of aromatic hydroxyl groups is 1. The Kier molecular flexibility index (Phi) is 11.6. The smallest absolute Gasteiger partial charge is 0.321 e. The largest absolute Gasteiger partial charge is 0.508 e. The van der Waals surface area contributed by atoms with Crippen molar-refractivity contribution >= 4 is 11.9 Å². The highest BCUT2D eigenvalue weighted by atomic mass is 16.4. The Morgan fingerprint density at radius 2 is 1.59 bits per heavy atom. The van der Waals surface area contributed by atoms with Gasteiger partial charge in [-0.3, -0.25) is 9.59 Å². The third-order valence-electron chi connectivity index (χ3n) is 2.57. The van der Waals surface area contributed by atoms with Crippen molar-refractivity contribution in [3.05, 3.63) is 30.3 Å². The molecular weight excluding hydrogens is 290 g/mol. The quantitative estimate of drug-likeness (QED) is 0.563. The molecule has 126 valence electrons. The molecule has 22 heavy (non-hydrogen) atoms. The van der Waals surface area contributed by atoms with Crippen LogP contribution in [0.3, 0.4) is 0 Å². The minimum atomic E-state index is -1.08. The predicted molar refractivity (Wildman–Crippen MR) is 82.5 cm³/mol. The number of para-hydroxylation sites is 1. The number of aliphatic hydroxyl groups excluding tert-OH is 1. The first-order valence-corrected chi connectivity index (χ1v) is 6.63. The van der Waals surface area contributed by atoms with Crippen LogP contribution in [0.1, 0.15) is 27.2 Å². The lowest BCUT2D eigenvalue weighted by Gasteiger charge is -2.25. The second-order valence-electron chi connectivity index (χ2n) is 5.05. The summed E-state index contributed by atoms with van der Waals surface area (Å²) in [6.45, 7) is 4.58. The summed E-state index contributed by atoms with van der Waals surface area (Å²) in [5.74, 6) is -1.51. The monoisotopic (exact) mass is 315 g/mol. The van der Waals surface area contributed by atoms with E-state index in [1.807, 2.05) is 6.07 Å². The van der Waals surface area contributed by atoms with E-state index in [9.17, 15) is 9.59 Å². The van der Waals surface area contributed by atoms with Gasteiger partial charge in [-0.15, -0.1) is 0 Å². The molecule has 1 aromatic carbocycles. The lowest BCUT2D eigenvalue weighted by atomic mass is 9.86. The Morgan fingerprint density at radius 1 is 1.18 bits per heavy atom. The first-order chi connectivity index (χ1) is 10.1. The van der Waals surface area contributed by atoms with Crippen LogP contribution in [0.15, 0.2) is 30.3 Å². The number of phenols is 1. The maximum Gasteiger partial charge on any atom is 0.321 e. The van der Waals surface area contributed by atoms with Crippen LogP contribution in [0.4, 0.5) is 0 Å². The van der Waals surface area contributed by atoms with E-state index >= 15 is 0 Å². The van der Waals surface area contributed by atoms with Crippen molar-refractivity contribution in [2.24, 2.45) is 11.1 Å². The highest BCUT2D eigenvalue weighted by Gasteiger charge is 2.30. The highest BCUT2D eigenvalue weighted by Crippen LogP contribution is 2.17. The molecule has 0 bridgehead atoms. The number of phenolic OH excluding ortho intramolecular Hbond substituents is 1. The first-order valence-electron chi connectivity index (χ1n) is 6.63. The predicted octanol–water partition coefficient (Wildman–Crippen LogP) is 1.29. The Hall–Kier alpha value is -2.12. The van der Waals surface area contributed by atoms with Gasteiger partial charge in [0.1, 0.15) is 11.8 Å². The summed E-state index contributed by atoms with van der Waals surface area (Å²) >= 11 is 0. The molecule has 0 heterocycles. The number of aliphatic carboxylic acids is 2. The summed E-state index contributed by atoms with van der Waals surface area (Å²) in [7, 11) is 0. The zero-order valence-electron chi connectivity index (χ0n) is 13.1. The Labute approximate surface area is 130 Å². The molecule has 6 N–H and O–H groups in total. The van der Waals surface area contributed by atoms with Gasteiger partial charge in [-0.05, 0) is 12.1 Å². The van der Waals surface area contributed by atoms with Crippen molar-refractivity contribution in [2.45, 2.75) is 33.2 Å². The molecule has 0 spiro atoms. The molecule has 0 aliphatic carbocycles. The number of hydrogen-bond acceptors (Lipinski definition) is 5. The number of hydrogen-bond donors (Lipinski definition) is 5. The van der Waals surface area contributed by atoms with Gasteiger partial charge in [0.15, 0.2) is 0 Å². The van der Waals surface area contributed by atoms with Crippen molar-refractivity contribution in [1.82, 2.24) is 0 Å². The summed E-state index contributed by atoms with van der Waals surface area (Å²) in [4.78, 5) is 19.6. The molecule has 1 aromatic rings. The van der Waals surface area contributed by atoms with Crippen LogP contribution >= 0.6 is 0 Å². The van der Waals surface area contributed by atoms with Gasteiger partial charge < -0.3 is 26.2 Å². The topological polar surface area (TPSA) is 141 Å². The maximum atomic E-state index is 10.3. The summed E-state index contributed by atoms with van der Waals surface area (Å²) in [6, 6.07) is 7.71. The van der Waals surface area contributed by atoms with Crippen molar-refractivity contribution in [2.75, 3.05) is 6.61 Å². The minimum absolute atomic E-state index is 0.222. The number of benzene rings is 1. The second kappa shape index (κ2) is 11.5. The van der Waals surface area contributed by atoms with Gasteiger partial charge in [-0.1, -0.05) is 39.0 Å². The molecule has 0 aliphatic rings. The minimum Gasteiger partial charge on any atom is -0.508 e. The Bertz CT molecular complexity index is 433. The molecule has 1 atom stereocenters. The van der Waals surface area contributed by atoms with Crippen LogP contribution < -0.4 is 5.73 Å².